The van der Waals surface area contributed by atoms with Crippen LogP contribution in [-0.2, 0) is 11.0 Å². The van der Waals surface area contributed by atoms with Gasteiger partial charge in [0.05, 0.1) is 28.7 Å². The number of halogens is 5. The molecule has 1 aromatic heterocycles. The second kappa shape index (κ2) is 7.81. The monoisotopic (exact) mass is 411 g/mol. The second-order valence-corrected chi connectivity index (χ2v) is 5.81. The Morgan fingerprint density at radius 1 is 1.14 bits per heavy atom. The summed E-state index contributed by atoms with van der Waals surface area (Å²) in [6, 6.07) is 11.3. The van der Waals surface area contributed by atoms with Crippen LogP contribution in [0.3, 0.4) is 0 Å². The molecule has 3 aromatic rings. The van der Waals surface area contributed by atoms with E-state index in [2.05, 4.69) is 15.1 Å². The van der Waals surface area contributed by atoms with E-state index in [1.54, 1.807) is 6.07 Å². The molecule has 10 heteroatoms. The first-order chi connectivity index (χ1) is 13.3. The van der Waals surface area contributed by atoms with Crippen molar-refractivity contribution in [3.8, 4) is 5.69 Å². The molecule has 1 heterocycles. The Balaban J connectivity index is 1.90. The number of carbonyl (C=O) groups is 1. The Morgan fingerprint density at radius 2 is 1.86 bits per heavy atom. The average Bonchev–Trinajstić information content (AvgIpc) is 3.10. The topological polar surface area (TPSA) is 56.5 Å². The summed E-state index contributed by atoms with van der Waals surface area (Å²) in [5.74, 6) is -2.14. The molecule has 0 bridgehead atoms. The summed E-state index contributed by atoms with van der Waals surface area (Å²) in [7, 11) is 0. The van der Waals surface area contributed by atoms with E-state index in [-0.39, 0.29) is 16.3 Å². The second-order valence-electron chi connectivity index (χ2n) is 5.40. The fourth-order valence-corrected chi connectivity index (χ4v) is 2.56. The Labute approximate surface area is 160 Å². The van der Waals surface area contributed by atoms with Crippen LogP contribution in [-0.4, -0.2) is 22.0 Å². The SMILES string of the molecule is O=C(ON=Cc1c(F)cccc1Cl)c1cnn(-c2ccccc2)c1C(F)(F)F. The van der Waals surface area contributed by atoms with Gasteiger partial charge in [-0.05, 0) is 24.3 Å². The summed E-state index contributed by atoms with van der Waals surface area (Å²) < 4.78 is 54.7. The zero-order chi connectivity index (χ0) is 20.3. The molecule has 0 saturated heterocycles. The number of para-hydroxylation sites is 1. The summed E-state index contributed by atoms with van der Waals surface area (Å²) in [6.45, 7) is 0. The molecule has 0 saturated carbocycles. The Kier molecular flexibility index (Phi) is 5.46. The minimum Gasteiger partial charge on any atom is -0.313 e. The fourth-order valence-electron chi connectivity index (χ4n) is 2.35. The van der Waals surface area contributed by atoms with Crippen LogP contribution in [0.1, 0.15) is 21.6 Å². The van der Waals surface area contributed by atoms with E-state index in [1.807, 2.05) is 0 Å². The van der Waals surface area contributed by atoms with Crippen molar-refractivity contribution in [3.05, 3.63) is 82.4 Å². The van der Waals surface area contributed by atoms with E-state index >= 15 is 0 Å². The first-order valence-corrected chi connectivity index (χ1v) is 8.06. The van der Waals surface area contributed by atoms with Crippen LogP contribution < -0.4 is 0 Å². The van der Waals surface area contributed by atoms with Gasteiger partial charge in [0.15, 0.2) is 5.69 Å². The smallest absolute Gasteiger partial charge is 0.313 e. The van der Waals surface area contributed by atoms with E-state index in [9.17, 15) is 22.4 Å². The fraction of sp³-hybridized carbons (Fsp3) is 0.0556. The summed E-state index contributed by atoms with van der Waals surface area (Å²) in [5, 5.41) is 6.87. The normalized spacial score (nSPS) is 11.8. The van der Waals surface area contributed by atoms with Crippen molar-refractivity contribution in [2.24, 2.45) is 5.16 Å². The van der Waals surface area contributed by atoms with Gasteiger partial charge in [0.25, 0.3) is 0 Å². The van der Waals surface area contributed by atoms with Gasteiger partial charge in [-0.3, -0.25) is 0 Å². The number of aromatic nitrogens is 2. The number of oxime groups is 1. The van der Waals surface area contributed by atoms with E-state index in [0.717, 1.165) is 18.5 Å². The molecular weight excluding hydrogens is 402 g/mol. The molecule has 0 unspecified atom stereocenters. The van der Waals surface area contributed by atoms with Crippen molar-refractivity contribution >= 4 is 23.8 Å². The third-order valence-corrected chi connectivity index (χ3v) is 3.91. The van der Waals surface area contributed by atoms with E-state index in [0.29, 0.717) is 4.68 Å². The molecule has 28 heavy (non-hydrogen) atoms. The standard InChI is InChI=1S/C18H10ClF4N3O2/c19-14-7-4-8-15(20)12(14)10-25-28-17(27)13-9-24-26(16(13)18(21,22)23)11-5-2-1-3-6-11/h1-10H. The highest BCUT2D eigenvalue weighted by atomic mass is 35.5. The Morgan fingerprint density at radius 3 is 2.50 bits per heavy atom. The number of hydrogen-bond acceptors (Lipinski definition) is 4. The summed E-state index contributed by atoms with van der Waals surface area (Å²) >= 11 is 5.78. The molecule has 5 nitrogen and oxygen atoms in total. The molecule has 2 aromatic carbocycles. The van der Waals surface area contributed by atoms with E-state index in [4.69, 9.17) is 11.6 Å². The number of carbonyl (C=O) groups excluding carboxylic acids is 1. The van der Waals surface area contributed by atoms with Gasteiger partial charge in [-0.1, -0.05) is 41.0 Å². The van der Waals surface area contributed by atoms with Gasteiger partial charge in [-0.25, -0.2) is 13.9 Å². The van der Waals surface area contributed by atoms with Gasteiger partial charge < -0.3 is 4.84 Å². The van der Waals surface area contributed by atoms with Crippen LogP contribution in [0.4, 0.5) is 17.6 Å². The van der Waals surface area contributed by atoms with Crippen LogP contribution in [0.5, 0.6) is 0 Å². The van der Waals surface area contributed by atoms with Crippen LogP contribution >= 0.6 is 11.6 Å². The van der Waals surface area contributed by atoms with Crippen LogP contribution in [0, 0.1) is 5.82 Å². The van der Waals surface area contributed by atoms with E-state index < -0.39 is 29.2 Å². The van der Waals surface area contributed by atoms with Crippen molar-refractivity contribution in [3.63, 3.8) is 0 Å². The molecule has 0 radical (unpaired) electrons. The van der Waals surface area contributed by atoms with Gasteiger partial charge in [-0.2, -0.15) is 18.3 Å². The maximum Gasteiger partial charge on any atom is 0.434 e. The van der Waals surface area contributed by atoms with Crippen LogP contribution in [0.2, 0.25) is 5.02 Å². The van der Waals surface area contributed by atoms with Gasteiger partial charge in [0.1, 0.15) is 11.4 Å². The van der Waals surface area contributed by atoms with Crippen LogP contribution in [0.15, 0.2) is 59.9 Å². The minimum absolute atomic E-state index is 0.00678. The lowest BCUT2D eigenvalue weighted by Crippen LogP contribution is -2.18. The van der Waals surface area contributed by atoms with Gasteiger partial charge in [-0.15, -0.1) is 0 Å². The van der Waals surface area contributed by atoms with Crippen molar-refractivity contribution in [1.29, 1.82) is 0 Å². The van der Waals surface area contributed by atoms with Gasteiger partial charge >= 0.3 is 12.1 Å². The summed E-state index contributed by atoms with van der Waals surface area (Å²) in [4.78, 5) is 16.6. The molecule has 3 rings (SSSR count). The maximum absolute atomic E-state index is 13.6. The largest absolute Gasteiger partial charge is 0.434 e. The molecule has 0 aliphatic heterocycles. The molecule has 0 amide bonds. The first-order valence-electron chi connectivity index (χ1n) is 7.68. The highest BCUT2D eigenvalue weighted by Gasteiger charge is 2.41. The predicted molar refractivity (Wildman–Crippen MR) is 93.0 cm³/mol. The zero-order valence-corrected chi connectivity index (χ0v) is 14.6. The average molecular weight is 412 g/mol. The maximum atomic E-state index is 13.6. The lowest BCUT2D eigenvalue weighted by atomic mass is 10.2. The molecule has 144 valence electrons. The third kappa shape index (κ3) is 4.04. The minimum atomic E-state index is -4.89. The highest BCUT2D eigenvalue weighted by molar-refractivity contribution is 6.33. The zero-order valence-electron chi connectivity index (χ0n) is 13.8. The van der Waals surface area contributed by atoms with Crippen molar-refractivity contribution in [2.45, 2.75) is 6.18 Å². The number of benzene rings is 2. The Hall–Kier alpha value is -3.20. The highest BCUT2D eigenvalue weighted by Crippen LogP contribution is 2.34. The number of nitrogens with zero attached hydrogens (tertiary/aromatic N) is 3. The van der Waals surface area contributed by atoms with Gasteiger partial charge in [0, 0.05) is 0 Å². The number of alkyl halides is 3. The molecule has 0 atom stereocenters. The number of hydrogen-bond donors (Lipinski definition) is 0. The predicted octanol–water partition coefficient (Wildman–Crippen LogP) is 4.87. The lowest BCUT2D eigenvalue weighted by Gasteiger charge is -2.11. The molecule has 0 aliphatic carbocycles. The molecule has 0 fully saturated rings. The molecular formula is C18H10ClF4N3O2. The summed E-state index contributed by atoms with van der Waals surface area (Å²) in [6.07, 6.45) is -3.37. The van der Waals surface area contributed by atoms with Crippen LogP contribution in [0.25, 0.3) is 5.69 Å². The number of rotatable bonds is 4. The van der Waals surface area contributed by atoms with E-state index in [1.165, 1.54) is 36.4 Å². The quantitative estimate of drug-likeness (QED) is 0.266. The Bertz CT molecular complexity index is 1010. The molecule has 0 spiro atoms. The third-order valence-electron chi connectivity index (χ3n) is 3.58. The lowest BCUT2D eigenvalue weighted by molar-refractivity contribution is -0.143. The van der Waals surface area contributed by atoms with Gasteiger partial charge in [0.2, 0.25) is 0 Å². The molecule has 0 aliphatic rings. The molecule has 0 N–H and O–H groups in total. The van der Waals surface area contributed by atoms with Crippen molar-refractivity contribution in [2.75, 3.05) is 0 Å². The summed E-state index contributed by atoms with van der Waals surface area (Å²) in [5.41, 5.74) is -2.22. The van der Waals surface area contributed by atoms with Crippen molar-refractivity contribution < 1.29 is 27.2 Å². The first kappa shape index (κ1) is 19.6. The van der Waals surface area contributed by atoms with Crippen molar-refractivity contribution in [1.82, 2.24) is 9.78 Å².